The Balaban J connectivity index is 2.02. The summed E-state index contributed by atoms with van der Waals surface area (Å²) in [6.07, 6.45) is 2.53. The second kappa shape index (κ2) is 8.95. The Morgan fingerprint density at radius 3 is 2.68 bits per heavy atom. The molecule has 0 aliphatic carbocycles. The van der Waals surface area contributed by atoms with Crippen LogP contribution in [0.25, 0.3) is 0 Å². The number of para-hydroxylation sites is 1. The average Bonchev–Trinajstić information content (AvgIpc) is 2.56. The van der Waals surface area contributed by atoms with Gasteiger partial charge in [0.1, 0.15) is 0 Å². The Morgan fingerprint density at radius 2 is 1.95 bits per heavy atom. The number of nitrogens with one attached hydrogen (secondary N) is 1. The van der Waals surface area contributed by atoms with Crippen LogP contribution in [-0.4, -0.2) is 25.8 Å². The maximum Gasteiger partial charge on any atom is 0.161 e. The number of halogens is 1. The molecule has 0 spiro atoms. The molecule has 0 aliphatic rings. The molecule has 0 saturated carbocycles. The normalized spacial score (nSPS) is 10.6. The van der Waals surface area contributed by atoms with E-state index in [0.717, 1.165) is 17.7 Å². The lowest BCUT2D eigenvalue weighted by Gasteiger charge is -2.10. The van der Waals surface area contributed by atoms with Crippen LogP contribution in [0.2, 0.25) is 0 Å². The van der Waals surface area contributed by atoms with Gasteiger partial charge >= 0.3 is 0 Å². The second-order valence-electron chi connectivity index (χ2n) is 4.54. The zero-order valence-corrected chi connectivity index (χ0v) is 13.2. The number of hydrogen-bond acceptors (Lipinski definition) is 4. The van der Waals surface area contributed by atoms with Crippen LogP contribution in [0.1, 0.15) is 12.0 Å². The minimum atomic E-state index is 0.558. The molecule has 0 unspecified atom stereocenters. The number of hydrogen-bond donors (Lipinski definition) is 1. The minimum absolute atomic E-state index is 0.558. The van der Waals surface area contributed by atoms with Gasteiger partial charge in [-0.15, -0.1) is 11.6 Å². The lowest BCUT2D eigenvalue weighted by molar-refractivity contribution is 0.295. The van der Waals surface area contributed by atoms with Crippen molar-refractivity contribution < 1.29 is 9.47 Å². The molecule has 0 amide bonds. The number of anilines is 1. The minimum Gasteiger partial charge on any atom is -0.493 e. The molecule has 2 rings (SSSR count). The summed E-state index contributed by atoms with van der Waals surface area (Å²) >= 11 is 5.66. The molecule has 116 valence electrons. The van der Waals surface area contributed by atoms with E-state index in [4.69, 9.17) is 21.1 Å². The summed E-state index contributed by atoms with van der Waals surface area (Å²) in [5, 5.41) is 4.21. The van der Waals surface area contributed by atoms with Crippen LogP contribution in [0.5, 0.6) is 11.5 Å². The first-order valence-corrected chi connectivity index (χ1v) is 7.58. The predicted molar refractivity (Wildman–Crippen MR) is 91.5 cm³/mol. The van der Waals surface area contributed by atoms with Crippen molar-refractivity contribution in [1.29, 1.82) is 0 Å². The third kappa shape index (κ3) is 4.97. The monoisotopic (exact) mass is 318 g/mol. The number of ether oxygens (including phenoxy) is 2. The summed E-state index contributed by atoms with van der Waals surface area (Å²) in [7, 11) is 1.62. The van der Waals surface area contributed by atoms with Crippen LogP contribution in [0.4, 0.5) is 5.69 Å². The first kappa shape index (κ1) is 16.2. The molecule has 0 heterocycles. The van der Waals surface area contributed by atoms with Gasteiger partial charge < -0.3 is 9.47 Å². The number of hydrazone groups is 1. The predicted octanol–water partition coefficient (Wildman–Crippen LogP) is 4.15. The van der Waals surface area contributed by atoms with Crippen molar-refractivity contribution >= 4 is 23.5 Å². The number of rotatable bonds is 8. The van der Waals surface area contributed by atoms with Gasteiger partial charge in [-0.05, 0) is 42.3 Å². The molecule has 0 radical (unpaired) electrons. The van der Waals surface area contributed by atoms with E-state index in [1.54, 1.807) is 13.3 Å². The van der Waals surface area contributed by atoms with Crippen molar-refractivity contribution in [1.82, 2.24) is 0 Å². The molecule has 0 fully saturated rings. The standard InChI is InChI=1S/C17H19ClN2O2/c1-21-16-9-8-14(12-17(16)22-11-5-10-18)13-19-20-15-6-3-2-4-7-15/h2-4,6-9,12-13,20H,5,10-11H2,1H3. The summed E-state index contributed by atoms with van der Waals surface area (Å²) in [6.45, 7) is 0.558. The van der Waals surface area contributed by atoms with Gasteiger partial charge in [-0.2, -0.15) is 5.10 Å². The Bertz CT molecular complexity index is 603. The molecule has 4 nitrogen and oxygen atoms in total. The van der Waals surface area contributed by atoms with E-state index in [1.165, 1.54) is 0 Å². The maximum absolute atomic E-state index is 5.68. The number of methoxy groups -OCH3 is 1. The molecule has 5 heteroatoms. The first-order valence-electron chi connectivity index (χ1n) is 7.04. The number of benzene rings is 2. The maximum atomic E-state index is 5.68. The van der Waals surface area contributed by atoms with Gasteiger partial charge in [0, 0.05) is 5.88 Å². The first-order chi connectivity index (χ1) is 10.8. The molecule has 0 aromatic heterocycles. The SMILES string of the molecule is COc1ccc(C=NNc2ccccc2)cc1OCCCCl. The molecule has 22 heavy (non-hydrogen) atoms. The van der Waals surface area contributed by atoms with Crippen LogP contribution in [-0.2, 0) is 0 Å². The number of alkyl halides is 1. The van der Waals surface area contributed by atoms with E-state index in [1.807, 2.05) is 48.5 Å². The highest BCUT2D eigenvalue weighted by Gasteiger charge is 2.04. The van der Waals surface area contributed by atoms with E-state index < -0.39 is 0 Å². The van der Waals surface area contributed by atoms with Crippen molar-refractivity contribution in [3.63, 3.8) is 0 Å². The van der Waals surface area contributed by atoms with Crippen LogP contribution < -0.4 is 14.9 Å². The van der Waals surface area contributed by atoms with Crippen molar-refractivity contribution in [2.75, 3.05) is 25.0 Å². The average molecular weight is 319 g/mol. The summed E-state index contributed by atoms with van der Waals surface area (Å²) in [5.74, 6) is 1.96. The van der Waals surface area contributed by atoms with Crippen LogP contribution >= 0.6 is 11.6 Å². The zero-order chi connectivity index (χ0) is 15.6. The van der Waals surface area contributed by atoms with Crippen LogP contribution in [0, 0.1) is 0 Å². The largest absolute Gasteiger partial charge is 0.493 e. The van der Waals surface area contributed by atoms with E-state index in [2.05, 4.69) is 10.5 Å². The third-order valence-electron chi connectivity index (χ3n) is 2.90. The van der Waals surface area contributed by atoms with E-state index in [0.29, 0.717) is 24.0 Å². The summed E-state index contributed by atoms with van der Waals surface area (Å²) < 4.78 is 11.0. The summed E-state index contributed by atoms with van der Waals surface area (Å²) in [6, 6.07) is 15.4. The lowest BCUT2D eigenvalue weighted by Crippen LogP contribution is -2.00. The highest BCUT2D eigenvalue weighted by atomic mass is 35.5. The highest BCUT2D eigenvalue weighted by Crippen LogP contribution is 2.27. The Morgan fingerprint density at radius 1 is 1.14 bits per heavy atom. The zero-order valence-electron chi connectivity index (χ0n) is 12.5. The van der Waals surface area contributed by atoms with Gasteiger partial charge in [-0.25, -0.2) is 0 Å². The molecule has 2 aromatic carbocycles. The fourth-order valence-electron chi connectivity index (χ4n) is 1.82. The van der Waals surface area contributed by atoms with E-state index in [-0.39, 0.29) is 0 Å². The van der Waals surface area contributed by atoms with Crippen molar-refractivity contribution in [3.05, 3.63) is 54.1 Å². The molecule has 0 saturated heterocycles. The second-order valence-corrected chi connectivity index (χ2v) is 4.92. The molecular formula is C17H19ClN2O2. The molecule has 0 bridgehead atoms. The lowest BCUT2D eigenvalue weighted by atomic mass is 10.2. The van der Waals surface area contributed by atoms with Gasteiger partial charge in [0.2, 0.25) is 0 Å². The summed E-state index contributed by atoms with van der Waals surface area (Å²) in [5.41, 5.74) is 4.83. The van der Waals surface area contributed by atoms with Crippen LogP contribution in [0.3, 0.4) is 0 Å². The van der Waals surface area contributed by atoms with Gasteiger partial charge in [0.15, 0.2) is 11.5 Å². The van der Waals surface area contributed by atoms with Crippen LogP contribution in [0.15, 0.2) is 53.6 Å². The van der Waals surface area contributed by atoms with Crippen molar-refractivity contribution in [2.24, 2.45) is 5.10 Å². The Kier molecular flexibility index (Phi) is 6.58. The molecular weight excluding hydrogens is 300 g/mol. The fraction of sp³-hybridized carbons (Fsp3) is 0.235. The van der Waals surface area contributed by atoms with Crippen molar-refractivity contribution in [2.45, 2.75) is 6.42 Å². The Hall–Kier alpha value is -2.20. The molecule has 0 atom stereocenters. The van der Waals surface area contributed by atoms with Crippen molar-refractivity contribution in [3.8, 4) is 11.5 Å². The third-order valence-corrected chi connectivity index (χ3v) is 3.17. The highest BCUT2D eigenvalue weighted by molar-refractivity contribution is 6.17. The molecule has 1 N–H and O–H groups in total. The fourth-order valence-corrected chi connectivity index (χ4v) is 1.93. The van der Waals surface area contributed by atoms with Gasteiger partial charge in [0.05, 0.1) is 25.6 Å². The van der Waals surface area contributed by atoms with Gasteiger partial charge in [-0.3, -0.25) is 5.43 Å². The Labute approximate surface area is 135 Å². The van der Waals surface area contributed by atoms with E-state index >= 15 is 0 Å². The smallest absolute Gasteiger partial charge is 0.161 e. The molecule has 2 aromatic rings. The summed E-state index contributed by atoms with van der Waals surface area (Å²) in [4.78, 5) is 0. The van der Waals surface area contributed by atoms with Gasteiger partial charge in [0.25, 0.3) is 0 Å². The molecule has 0 aliphatic heterocycles. The number of nitrogens with zero attached hydrogens (tertiary/aromatic N) is 1. The van der Waals surface area contributed by atoms with Gasteiger partial charge in [-0.1, -0.05) is 18.2 Å². The topological polar surface area (TPSA) is 42.8 Å². The quantitative estimate of drug-likeness (QED) is 0.344. The van der Waals surface area contributed by atoms with E-state index in [9.17, 15) is 0 Å².